The van der Waals surface area contributed by atoms with Crippen molar-refractivity contribution in [2.24, 2.45) is 0 Å². The average molecular weight is 641 g/mol. The van der Waals surface area contributed by atoms with Crippen molar-refractivity contribution < 1.29 is 4.42 Å². The van der Waals surface area contributed by atoms with E-state index in [1.54, 1.807) is 0 Å². The summed E-state index contributed by atoms with van der Waals surface area (Å²) < 4.78 is 8.65. The minimum Gasteiger partial charge on any atom is -0.456 e. The van der Waals surface area contributed by atoms with Crippen molar-refractivity contribution in [1.82, 2.24) is 19.5 Å². The summed E-state index contributed by atoms with van der Waals surface area (Å²) in [7, 11) is 0. The number of hydrogen-bond donors (Lipinski definition) is 0. The molecule has 0 aliphatic rings. The minimum atomic E-state index is 0.558. The Morgan fingerprint density at radius 2 is 0.820 bits per heavy atom. The molecular weight excluding hydrogens is 613 g/mol. The monoisotopic (exact) mass is 640 g/mol. The second kappa shape index (κ2) is 11.4. The van der Waals surface area contributed by atoms with Gasteiger partial charge >= 0.3 is 0 Å². The summed E-state index contributed by atoms with van der Waals surface area (Å²) in [6, 6.07) is 58.6. The predicted molar refractivity (Wildman–Crippen MR) is 203 cm³/mol. The fraction of sp³-hybridized carbons (Fsp3) is 0. The van der Waals surface area contributed by atoms with Crippen LogP contribution in [0.15, 0.2) is 174 Å². The van der Waals surface area contributed by atoms with Gasteiger partial charge in [0, 0.05) is 32.7 Å². The van der Waals surface area contributed by atoms with E-state index in [9.17, 15) is 0 Å². The minimum absolute atomic E-state index is 0.558. The second-order valence-corrected chi connectivity index (χ2v) is 12.5. The molecule has 0 atom stereocenters. The summed E-state index contributed by atoms with van der Waals surface area (Å²) in [6.07, 6.45) is 0. The third-order valence-corrected chi connectivity index (χ3v) is 9.48. The van der Waals surface area contributed by atoms with Crippen LogP contribution >= 0.6 is 0 Å². The van der Waals surface area contributed by atoms with Gasteiger partial charge in [-0.05, 0) is 58.7 Å². The SMILES string of the molecule is c1ccc(-c2ccc3c(c2)oc2cc(-c4nc(-c5ccccc5)nc(-n5c6ccccc6c6ccc(-c7ccccc7)cc65)n4)ccc23)cc1. The number of rotatable bonds is 5. The molecule has 0 unspecified atom stereocenters. The number of aromatic nitrogens is 4. The molecule has 0 aliphatic heterocycles. The topological polar surface area (TPSA) is 56.7 Å². The van der Waals surface area contributed by atoms with E-state index < -0.39 is 0 Å². The molecule has 5 heteroatoms. The average Bonchev–Trinajstić information content (AvgIpc) is 3.73. The fourth-order valence-corrected chi connectivity index (χ4v) is 7.03. The van der Waals surface area contributed by atoms with Crippen LogP contribution in [0, 0.1) is 0 Å². The number of para-hydroxylation sites is 1. The van der Waals surface area contributed by atoms with Crippen molar-refractivity contribution >= 4 is 43.7 Å². The summed E-state index contributed by atoms with van der Waals surface area (Å²) in [5.74, 6) is 1.74. The van der Waals surface area contributed by atoms with Crippen molar-refractivity contribution in [3.63, 3.8) is 0 Å². The smallest absolute Gasteiger partial charge is 0.238 e. The number of nitrogens with zero attached hydrogens (tertiary/aromatic N) is 4. The molecule has 3 heterocycles. The van der Waals surface area contributed by atoms with E-state index in [4.69, 9.17) is 19.4 Å². The number of furan rings is 1. The number of benzene rings is 7. The van der Waals surface area contributed by atoms with Crippen LogP contribution in [-0.4, -0.2) is 19.5 Å². The molecule has 0 saturated heterocycles. The van der Waals surface area contributed by atoms with Gasteiger partial charge in [-0.1, -0.05) is 133 Å². The molecule has 7 aromatic carbocycles. The Bertz CT molecular complexity index is 2860. The van der Waals surface area contributed by atoms with Gasteiger partial charge in [0.1, 0.15) is 11.2 Å². The highest BCUT2D eigenvalue weighted by Gasteiger charge is 2.19. The van der Waals surface area contributed by atoms with Gasteiger partial charge in [0.2, 0.25) is 5.95 Å². The lowest BCUT2D eigenvalue weighted by Gasteiger charge is -2.11. The number of hydrogen-bond acceptors (Lipinski definition) is 4. The molecule has 0 saturated carbocycles. The molecule has 3 aromatic heterocycles. The van der Waals surface area contributed by atoms with Gasteiger partial charge in [-0.25, -0.2) is 4.98 Å². The van der Waals surface area contributed by atoms with Crippen molar-refractivity contribution in [2.45, 2.75) is 0 Å². The lowest BCUT2D eigenvalue weighted by molar-refractivity contribution is 0.669. The largest absolute Gasteiger partial charge is 0.456 e. The van der Waals surface area contributed by atoms with Gasteiger partial charge in [0.25, 0.3) is 0 Å². The van der Waals surface area contributed by atoms with Crippen LogP contribution in [0.25, 0.3) is 94.7 Å². The van der Waals surface area contributed by atoms with Gasteiger partial charge in [-0.15, -0.1) is 0 Å². The maximum absolute atomic E-state index is 6.49. The summed E-state index contributed by atoms with van der Waals surface area (Å²) in [5, 5.41) is 4.41. The summed E-state index contributed by atoms with van der Waals surface area (Å²) in [6.45, 7) is 0. The Balaban J connectivity index is 1.18. The lowest BCUT2D eigenvalue weighted by atomic mass is 10.0. The molecule has 234 valence electrons. The lowest BCUT2D eigenvalue weighted by Crippen LogP contribution is -2.06. The van der Waals surface area contributed by atoms with Crippen molar-refractivity contribution in [1.29, 1.82) is 0 Å². The zero-order valence-electron chi connectivity index (χ0n) is 26.9. The standard InChI is InChI=1S/C45H28N4O/c1-4-12-29(13-5-1)32-20-23-36-35-18-10-11-19-39(35)49(40(36)26-32)45-47-43(31-16-8-3-9-17-31)46-44(48-45)34-22-25-38-37-24-21-33(30-14-6-2-7-15-30)27-41(37)50-42(38)28-34/h1-28H. The summed E-state index contributed by atoms with van der Waals surface area (Å²) in [4.78, 5) is 15.4. The first kappa shape index (κ1) is 28.2. The molecule has 0 amide bonds. The first-order valence-corrected chi connectivity index (χ1v) is 16.7. The molecule has 50 heavy (non-hydrogen) atoms. The maximum atomic E-state index is 6.49. The normalized spacial score (nSPS) is 11.6. The highest BCUT2D eigenvalue weighted by molar-refractivity contribution is 6.10. The van der Waals surface area contributed by atoms with Gasteiger partial charge in [0.15, 0.2) is 11.6 Å². The molecule has 0 spiro atoms. The maximum Gasteiger partial charge on any atom is 0.238 e. The second-order valence-electron chi connectivity index (χ2n) is 12.5. The highest BCUT2D eigenvalue weighted by atomic mass is 16.3. The molecule has 0 aliphatic carbocycles. The molecule has 10 rings (SSSR count). The Morgan fingerprint density at radius 3 is 1.48 bits per heavy atom. The molecule has 10 aromatic rings. The van der Waals surface area contributed by atoms with Gasteiger partial charge in [-0.2, -0.15) is 9.97 Å². The number of fused-ring (bicyclic) bond motifs is 6. The van der Waals surface area contributed by atoms with Crippen LogP contribution in [-0.2, 0) is 0 Å². The first-order chi connectivity index (χ1) is 24.8. The van der Waals surface area contributed by atoms with E-state index in [1.165, 1.54) is 0 Å². The molecule has 5 nitrogen and oxygen atoms in total. The van der Waals surface area contributed by atoms with Gasteiger partial charge < -0.3 is 4.42 Å². The third kappa shape index (κ3) is 4.67. The van der Waals surface area contributed by atoms with Crippen molar-refractivity contribution in [3.05, 3.63) is 170 Å². The predicted octanol–water partition coefficient (Wildman–Crippen LogP) is 11.5. The van der Waals surface area contributed by atoms with E-state index in [0.29, 0.717) is 17.6 Å². The summed E-state index contributed by atoms with van der Waals surface area (Å²) in [5.41, 5.74) is 10.0. The van der Waals surface area contributed by atoms with Crippen LogP contribution < -0.4 is 0 Å². The zero-order valence-corrected chi connectivity index (χ0v) is 26.9. The molecule has 0 N–H and O–H groups in total. The van der Waals surface area contributed by atoms with E-state index >= 15 is 0 Å². The molecule has 0 radical (unpaired) electrons. The van der Waals surface area contributed by atoms with E-state index in [1.807, 2.05) is 48.5 Å². The molecular formula is C45H28N4O. The van der Waals surface area contributed by atoms with E-state index in [2.05, 4.69) is 126 Å². The van der Waals surface area contributed by atoms with Gasteiger partial charge in [0.05, 0.1) is 11.0 Å². The van der Waals surface area contributed by atoms with Crippen LogP contribution in [0.2, 0.25) is 0 Å². The summed E-state index contributed by atoms with van der Waals surface area (Å²) >= 11 is 0. The molecule has 0 bridgehead atoms. The van der Waals surface area contributed by atoms with Crippen molar-refractivity contribution in [2.75, 3.05) is 0 Å². The Kier molecular flexibility index (Phi) is 6.42. The van der Waals surface area contributed by atoms with Crippen LogP contribution in [0.4, 0.5) is 0 Å². The van der Waals surface area contributed by atoms with E-state index in [0.717, 1.165) is 77.1 Å². The van der Waals surface area contributed by atoms with Crippen LogP contribution in [0.1, 0.15) is 0 Å². The quantitative estimate of drug-likeness (QED) is 0.188. The third-order valence-electron chi connectivity index (χ3n) is 9.48. The van der Waals surface area contributed by atoms with Crippen LogP contribution in [0.3, 0.4) is 0 Å². The first-order valence-electron chi connectivity index (χ1n) is 16.7. The Morgan fingerprint density at radius 1 is 0.340 bits per heavy atom. The van der Waals surface area contributed by atoms with Crippen molar-refractivity contribution in [3.8, 4) is 51.0 Å². The van der Waals surface area contributed by atoms with E-state index in [-0.39, 0.29) is 0 Å². The highest BCUT2D eigenvalue weighted by Crippen LogP contribution is 2.37. The Labute approximate surface area is 287 Å². The Hall–Kier alpha value is -6.85. The zero-order chi connectivity index (χ0) is 33.0. The fourth-order valence-electron chi connectivity index (χ4n) is 7.03. The van der Waals surface area contributed by atoms with Crippen LogP contribution in [0.5, 0.6) is 0 Å². The molecule has 0 fully saturated rings. The van der Waals surface area contributed by atoms with Gasteiger partial charge in [-0.3, -0.25) is 4.57 Å².